The van der Waals surface area contributed by atoms with Crippen molar-refractivity contribution in [2.75, 3.05) is 26.2 Å². The quantitative estimate of drug-likeness (QED) is 0.836. The summed E-state index contributed by atoms with van der Waals surface area (Å²) in [4.78, 5) is 25.9. The third-order valence-corrected chi connectivity index (χ3v) is 6.05. The van der Waals surface area contributed by atoms with Gasteiger partial charge in [-0.05, 0) is 74.9 Å². The van der Waals surface area contributed by atoms with Crippen LogP contribution >= 0.6 is 0 Å². The molecule has 4 heterocycles. The first kappa shape index (κ1) is 18.1. The average molecular weight is 364 g/mol. The van der Waals surface area contributed by atoms with E-state index < -0.39 is 0 Å². The van der Waals surface area contributed by atoms with Gasteiger partial charge in [-0.25, -0.2) is 4.98 Å². The van der Waals surface area contributed by atoms with Crippen molar-refractivity contribution < 1.29 is 4.79 Å². The molecule has 1 amide bonds. The van der Waals surface area contributed by atoms with E-state index in [1.807, 2.05) is 48.5 Å². The maximum Gasteiger partial charge on any atom is 0.272 e. The zero-order valence-electron chi connectivity index (χ0n) is 16.1. The van der Waals surface area contributed by atoms with Gasteiger partial charge in [0.15, 0.2) is 0 Å². The van der Waals surface area contributed by atoms with Crippen molar-refractivity contribution in [2.24, 2.45) is 11.8 Å². The Kier molecular flexibility index (Phi) is 5.48. The number of carbonyl (C=O) groups excluding carboxylic acids is 1. The fourth-order valence-electron chi connectivity index (χ4n) is 4.51. The van der Waals surface area contributed by atoms with Gasteiger partial charge in [0, 0.05) is 37.7 Å². The maximum absolute atomic E-state index is 12.7. The zero-order valence-corrected chi connectivity index (χ0v) is 16.1. The van der Waals surface area contributed by atoms with Crippen LogP contribution in [0.1, 0.15) is 41.0 Å². The molecule has 2 fully saturated rings. The Hall–Kier alpha value is -2.27. The summed E-state index contributed by atoms with van der Waals surface area (Å²) in [6.07, 6.45) is 7.39. The molecule has 5 heteroatoms. The van der Waals surface area contributed by atoms with Crippen molar-refractivity contribution in [1.29, 1.82) is 0 Å². The molecule has 0 saturated carbocycles. The summed E-state index contributed by atoms with van der Waals surface area (Å²) >= 11 is 0. The SMILES string of the molecule is Cc1cccc(C(=O)N2CC[C@H](C3CCN(Cc4cccnc4)CC3)C2)n1. The van der Waals surface area contributed by atoms with Gasteiger partial charge in [0.25, 0.3) is 5.91 Å². The largest absolute Gasteiger partial charge is 0.337 e. The van der Waals surface area contributed by atoms with E-state index >= 15 is 0 Å². The molecule has 2 aliphatic heterocycles. The van der Waals surface area contributed by atoms with E-state index in [1.54, 1.807) is 0 Å². The third kappa shape index (κ3) is 4.35. The molecule has 4 rings (SSSR count). The normalized spacial score (nSPS) is 21.5. The van der Waals surface area contributed by atoms with Crippen molar-refractivity contribution in [3.63, 3.8) is 0 Å². The summed E-state index contributed by atoms with van der Waals surface area (Å²) in [6, 6.07) is 9.84. The molecule has 2 aromatic rings. The van der Waals surface area contributed by atoms with Crippen molar-refractivity contribution in [1.82, 2.24) is 19.8 Å². The molecular weight excluding hydrogens is 336 g/mol. The molecule has 0 unspecified atom stereocenters. The van der Waals surface area contributed by atoms with Crippen LogP contribution in [0.25, 0.3) is 0 Å². The number of aromatic nitrogens is 2. The van der Waals surface area contributed by atoms with Crippen molar-refractivity contribution in [3.05, 3.63) is 59.7 Å². The summed E-state index contributed by atoms with van der Waals surface area (Å²) in [7, 11) is 0. The van der Waals surface area contributed by atoms with Crippen LogP contribution in [0.15, 0.2) is 42.7 Å². The number of pyridine rings is 2. The van der Waals surface area contributed by atoms with E-state index in [0.29, 0.717) is 11.6 Å². The lowest BCUT2D eigenvalue weighted by Gasteiger charge is -2.34. The van der Waals surface area contributed by atoms with Gasteiger partial charge in [0.05, 0.1) is 0 Å². The van der Waals surface area contributed by atoms with Crippen molar-refractivity contribution >= 4 is 5.91 Å². The van der Waals surface area contributed by atoms with Crippen LogP contribution in [0.3, 0.4) is 0 Å². The molecule has 1 atom stereocenters. The summed E-state index contributed by atoms with van der Waals surface area (Å²) in [5, 5.41) is 0. The molecule has 0 bridgehead atoms. The molecule has 0 aliphatic carbocycles. The summed E-state index contributed by atoms with van der Waals surface area (Å²) < 4.78 is 0. The van der Waals surface area contributed by atoms with Gasteiger partial charge >= 0.3 is 0 Å². The topological polar surface area (TPSA) is 49.3 Å². The molecule has 27 heavy (non-hydrogen) atoms. The lowest BCUT2D eigenvalue weighted by Crippen LogP contribution is -2.37. The van der Waals surface area contributed by atoms with E-state index in [9.17, 15) is 4.79 Å². The molecule has 0 radical (unpaired) electrons. The second-order valence-electron chi connectivity index (χ2n) is 7.94. The monoisotopic (exact) mass is 364 g/mol. The average Bonchev–Trinajstić information content (AvgIpc) is 3.19. The molecular formula is C22H28N4O. The van der Waals surface area contributed by atoms with Crippen LogP contribution in [0.4, 0.5) is 0 Å². The van der Waals surface area contributed by atoms with Gasteiger partial charge in [-0.1, -0.05) is 12.1 Å². The number of nitrogens with zero attached hydrogens (tertiary/aromatic N) is 4. The number of rotatable bonds is 4. The molecule has 0 N–H and O–H groups in total. The van der Waals surface area contributed by atoms with E-state index in [2.05, 4.69) is 20.9 Å². The minimum atomic E-state index is 0.0928. The highest BCUT2D eigenvalue weighted by Crippen LogP contribution is 2.32. The first-order valence-corrected chi connectivity index (χ1v) is 10.0. The Labute approximate surface area is 161 Å². The minimum Gasteiger partial charge on any atom is -0.337 e. The Balaban J connectivity index is 1.28. The lowest BCUT2D eigenvalue weighted by molar-refractivity contribution is 0.0767. The second-order valence-corrected chi connectivity index (χ2v) is 7.94. The summed E-state index contributed by atoms with van der Waals surface area (Å²) in [5.74, 6) is 1.47. The van der Waals surface area contributed by atoms with Gasteiger partial charge in [-0.3, -0.25) is 14.7 Å². The van der Waals surface area contributed by atoms with Gasteiger partial charge < -0.3 is 4.90 Å². The van der Waals surface area contributed by atoms with Crippen LogP contribution in [-0.4, -0.2) is 51.9 Å². The van der Waals surface area contributed by atoms with Crippen molar-refractivity contribution in [3.8, 4) is 0 Å². The Morgan fingerprint density at radius 3 is 2.63 bits per heavy atom. The fourth-order valence-corrected chi connectivity index (χ4v) is 4.51. The van der Waals surface area contributed by atoms with Crippen LogP contribution in [0, 0.1) is 18.8 Å². The minimum absolute atomic E-state index is 0.0928. The predicted octanol–water partition coefficient (Wildman–Crippen LogP) is 3.16. The molecule has 5 nitrogen and oxygen atoms in total. The van der Waals surface area contributed by atoms with Gasteiger partial charge in [0.1, 0.15) is 5.69 Å². The second kappa shape index (κ2) is 8.17. The van der Waals surface area contributed by atoms with Crippen LogP contribution in [0.2, 0.25) is 0 Å². The van der Waals surface area contributed by atoms with Crippen molar-refractivity contribution in [2.45, 2.75) is 32.7 Å². The van der Waals surface area contributed by atoms with Crippen LogP contribution in [0.5, 0.6) is 0 Å². The number of carbonyl (C=O) groups is 1. The first-order chi connectivity index (χ1) is 13.2. The molecule has 2 saturated heterocycles. The number of aryl methyl sites for hydroxylation is 1. The number of hydrogen-bond acceptors (Lipinski definition) is 4. The fraction of sp³-hybridized carbons (Fsp3) is 0.500. The molecule has 2 aromatic heterocycles. The smallest absolute Gasteiger partial charge is 0.272 e. The van der Waals surface area contributed by atoms with Gasteiger partial charge in [-0.2, -0.15) is 0 Å². The zero-order chi connectivity index (χ0) is 18.6. The molecule has 0 spiro atoms. The Morgan fingerprint density at radius 2 is 1.89 bits per heavy atom. The predicted molar refractivity (Wildman–Crippen MR) is 105 cm³/mol. The third-order valence-electron chi connectivity index (χ3n) is 6.05. The van der Waals surface area contributed by atoms with E-state index in [4.69, 9.17) is 0 Å². The summed E-state index contributed by atoms with van der Waals surface area (Å²) in [6.45, 7) is 6.97. The number of piperidine rings is 1. The molecule has 0 aromatic carbocycles. The first-order valence-electron chi connectivity index (χ1n) is 10.0. The Morgan fingerprint density at radius 1 is 1.07 bits per heavy atom. The number of hydrogen-bond donors (Lipinski definition) is 0. The molecule has 2 aliphatic rings. The highest BCUT2D eigenvalue weighted by Gasteiger charge is 2.34. The van der Waals surface area contributed by atoms with E-state index in [0.717, 1.165) is 50.8 Å². The van der Waals surface area contributed by atoms with E-state index in [1.165, 1.54) is 18.4 Å². The Bertz CT molecular complexity index is 771. The van der Waals surface area contributed by atoms with Gasteiger partial charge in [0.2, 0.25) is 0 Å². The van der Waals surface area contributed by atoms with E-state index in [-0.39, 0.29) is 5.91 Å². The lowest BCUT2D eigenvalue weighted by atomic mass is 9.83. The van der Waals surface area contributed by atoms with Gasteiger partial charge in [-0.15, -0.1) is 0 Å². The maximum atomic E-state index is 12.7. The highest BCUT2D eigenvalue weighted by molar-refractivity contribution is 5.92. The van der Waals surface area contributed by atoms with Crippen LogP contribution < -0.4 is 0 Å². The summed E-state index contributed by atoms with van der Waals surface area (Å²) in [5.41, 5.74) is 2.78. The molecule has 142 valence electrons. The number of amides is 1. The van der Waals surface area contributed by atoms with Crippen LogP contribution in [-0.2, 0) is 6.54 Å². The highest BCUT2D eigenvalue weighted by atomic mass is 16.2. The number of likely N-dealkylation sites (tertiary alicyclic amines) is 2. The standard InChI is InChI=1S/C22H28N4O/c1-17-4-2-6-21(24-17)22(27)26-13-9-20(16-26)19-7-11-25(12-8-19)15-18-5-3-10-23-14-18/h2-6,10,14,19-20H,7-9,11-13,15-16H2,1H3/t20-/m0/s1.